The third-order valence-electron chi connectivity index (χ3n) is 3.36. The topological polar surface area (TPSA) is 76.9 Å². The second-order valence-corrected chi connectivity index (χ2v) is 6.08. The van der Waals surface area contributed by atoms with E-state index in [0.29, 0.717) is 5.82 Å². The van der Waals surface area contributed by atoms with Crippen LogP contribution in [-0.2, 0) is 9.59 Å². The molecule has 2 aromatic rings. The average Bonchev–Trinajstić information content (AvgIpc) is 2.98. The maximum Gasteiger partial charge on any atom is 0.222 e. The summed E-state index contributed by atoms with van der Waals surface area (Å²) in [7, 11) is 0. The highest BCUT2D eigenvalue weighted by atomic mass is 16.2. The van der Waals surface area contributed by atoms with Crippen LogP contribution in [0.4, 0.5) is 0 Å². The molecule has 6 nitrogen and oxygen atoms in total. The summed E-state index contributed by atoms with van der Waals surface area (Å²) in [6, 6.07) is 6.12. The summed E-state index contributed by atoms with van der Waals surface area (Å²) in [6.07, 6.45) is 4.45. The molecule has 126 valence electrons. The highest BCUT2D eigenvalue weighted by molar-refractivity contribution is 5.96. The van der Waals surface area contributed by atoms with E-state index in [2.05, 4.69) is 21.5 Å². The molecule has 0 bridgehead atoms. The summed E-state index contributed by atoms with van der Waals surface area (Å²) >= 11 is 0. The Kier molecular flexibility index (Phi) is 5.63. The van der Waals surface area contributed by atoms with Crippen molar-refractivity contribution in [1.82, 2.24) is 20.1 Å². The van der Waals surface area contributed by atoms with Crippen LogP contribution < -0.4 is 5.32 Å². The van der Waals surface area contributed by atoms with Gasteiger partial charge in [0.05, 0.1) is 6.54 Å². The first-order chi connectivity index (χ1) is 11.3. The molecule has 0 saturated carbocycles. The molecule has 1 N–H and O–H groups in total. The van der Waals surface area contributed by atoms with Gasteiger partial charge in [-0.2, -0.15) is 0 Å². The Morgan fingerprint density at radius 3 is 2.50 bits per heavy atom. The van der Waals surface area contributed by atoms with Gasteiger partial charge in [-0.25, -0.2) is 9.67 Å². The summed E-state index contributed by atoms with van der Waals surface area (Å²) in [4.78, 5) is 27.4. The van der Waals surface area contributed by atoms with E-state index >= 15 is 0 Å². The lowest BCUT2D eigenvalue weighted by Gasteiger charge is -2.04. The van der Waals surface area contributed by atoms with E-state index < -0.39 is 0 Å². The van der Waals surface area contributed by atoms with Crippen molar-refractivity contribution in [3.05, 3.63) is 41.7 Å². The zero-order chi connectivity index (χ0) is 17.7. The maximum absolute atomic E-state index is 11.7. The summed E-state index contributed by atoms with van der Waals surface area (Å²) < 4.78 is 1.48. The fourth-order valence-electron chi connectivity index (χ4n) is 2.18. The van der Waals surface area contributed by atoms with E-state index in [1.165, 1.54) is 17.0 Å². The normalized spacial score (nSPS) is 11.2. The van der Waals surface area contributed by atoms with Crippen LogP contribution in [0.1, 0.15) is 25.0 Å². The first-order valence-corrected chi connectivity index (χ1v) is 7.83. The van der Waals surface area contributed by atoms with Crippen LogP contribution >= 0.6 is 0 Å². The molecular formula is C18H22N4O2. The monoisotopic (exact) mass is 326 g/mol. The summed E-state index contributed by atoms with van der Waals surface area (Å²) in [5.74, 6) is 0.117. The molecule has 0 aliphatic heterocycles. The number of benzene rings is 1. The highest BCUT2D eigenvalue weighted by Crippen LogP contribution is 2.18. The zero-order valence-corrected chi connectivity index (χ0v) is 14.4. The molecule has 0 saturated heterocycles. The number of hydrogen-bond donors (Lipinski definition) is 1. The SMILES string of the molecule is Cc1cc(C)cc(-c2ncn(/C=C\C(=O)CNC(=O)C(C)C)n2)c1. The summed E-state index contributed by atoms with van der Waals surface area (Å²) in [6.45, 7) is 7.58. The van der Waals surface area contributed by atoms with Gasteiger partial charge < -0.3 is 5.32 Å². The first-order valence-electron chi connectivity index (χ1n) is 7.83. The molecule has 0 spiro atoms. The van der Waals surface area contributed by atoms with Gasteiger partial charge in [0.1, 0.15) is 6.33 Å². The number of ketones is 1. The minimum atomic E-state index is -0.201. The van der Waals surface area contributed by atoms with Crippen molar-refractivity contribution in [2.24, 2.45) is 5.92 Å². The maximum atomic E-state index is 11.7. The van der Waals surface area contributed by atoms with Crippen LogP contribution in [-0.4, -0.2) is 33.0 Å². The minimum Gasteiger partial charge on any atom is -0.348 e. The third kappa shape index (κ3) is 4.87. The predicted molar refractivity (Wildman–Crippen MR) is 93.1 cm³/mol. The van der Waals surface area contributed by atoms with Gasteiger partial charge in [0, 0.05) is 23.8 Å². The number of aromatic nitrogens is 3. The lowest BCUT2D eigenvalue weighted by atomic mass is 10.1. The largest absolute Gasteiger partial charge is 0.348 e. The minimum absolute atomic E-state index is 0.0217. The van der Waals surface area contributed by atoms with Gasteiger partial charge >= 0.3 is 0 Å². The van der Waals surface area contributed by atoms with E-state index in [1.54, 1.807) is 20.2 Å². The molecule has 0 atom stereocenters. The summed E-state index contributed by atoms with van der Waals surface area (Å²) in [5.41, 5.74) is 3.23. The van der Waals surface area contributed by atoms with E-state index in [-0.39, 0.29) is 24.2 Å². The van der Waals surface area contributed by atoms with Crippen molar-refractivity contribution < 1.29 is 9.59 Å². The number of nitrogens with zero attached hydrogens (tertiary/aromatic N) is 3. The molecule has 1 aromatic carbocycles. The second-order valence-electron chi connectivity index (χ2n) is 6.08. The Morgan fingerprint density at radius 1 is 1.21 bits per heavy atom. The fraction of sp³-hybridized carbons (Fsp3) is 0.333. The second kappa shape index (κ2) is 7.68. The molecule has 2 rings (SSSR count). The van der Waals surface area contributed by atoms with Gasteiger partial charge in [0.25, 0.3) is 0 Å². The Bertz CT molecular complexity index is 755. The Morgan fingerprint density at radius 2 is 1.88 bits per heavy atom. The standard InChI is InChI=1S/C18H22N4O2/c1-12(2)18(24)19-10-16(23)5-6-22-11-20-17(21-22)15-8-13(3)7-14(4)9-15/h5-9,11-12H,10H2,1-4H3,(H,19,24)/b6-5-. The van der Waals surface area contributed by atoms with Gasteiger partial charge in [-0.05, 0) is 26.0 Å². The number of hydrogen-bond acceptors (Lipinski definition) is 4. The van der Waals surface area contributed by atoms with E-state index in [0.717, 1.165) is 16.7 Å². The molecular weight excluding hydrogens is 304 g/mol. The van der Waals surface area contributed by atoms with Gasteiger partial charge in [-0.3, -0.25) is 9.59 Å². The molecule has 1 amide bonds. The van der Waals surface area contributed by atoms with E-state index in [1.807, 2.05) is 26.0 Å². The van der Waals surface area contributed by atoms with Gasteiger partial charge in [0.15, 0.2) is 11.6 Å². The zero-order valence-electron chi connectivity index (χ0n) is 14.4. The van der Waals surface area contributed by atoms with Gasteiger partial charge in [-0.1, -0.05) is 31.0 Å². The molecule has 1 heterocycles. The van der Waals surface area contributed by atoms with E-state index in [9.17, 15) is 9.59 Å². The number of amides is 1. The number of carbonyl (C=O) groups is 2. The number of rotatable bonds is 6. The smallest absolute Gasteiger partial charge is 0.222 e. The lowest BCUT2D eigenvalue weighted by Crippen LogP contribution is -2.31. The van der Waals surface area contributed by atoms with Crippen LogP contribution in [0.15, 0.2) is 30.6 Å². The fourth-order valence-corrected chi connectivity index (χ4v) is 2.18. The summed E-state index contributed by atoms with van der Waals surface area (Å²) in [5, 5.41) is 6.91. The van der Waals surface area contributed by atoms with Crippen molar-refractivity contribution in [3.63, 3.8) is 0 Å². The van der Waals surface area contributed by atoms with Crippen LogP contribution in [0.2, 0.25) is 0 Å². The Labute approximate surface area is 141 Å². The van der Waals surface area contributed by atoms with Crippen molar-refractivity contribution in [2.75, 3.05) is 6.54 Å². The van der Waals surface area contributed by atoms with Gasteiger partial charge in [-0.15, -0.1) is 5.10 Å². The molecule has 0 aliphatic carbocycles. The molecule has 6 heteroatoms. The quantitative estimate of drug-likeness (QED) is 0.827. The van der Waals surface area contributed by atoms with Crippen molar-refractivity contribution in [1.29, 1.82) is 0 Å². The molecule has 24 heavy (non-hydrogen) atoms. The van der Waals surface area contributed by atoms with Crippen LogP contribution in [0.3, 0.4) is 0 Å². The number of carbonyl (C=O) groups excluding carboxylic acids is 2. The van der Waals surface area contributed by atoms with Crippen LogP contribution in [0.25, 0.3) is 17.6 Å². The van der Waals surface area contributed by atoms with E-state index in [4.69, 9.17) is 0 Å². The van der Waals surface area contributed by atoms with Crippen LogP contribution in [0, 0.1) is 19.8 Å². The first kappa shape index (κ1) is 17.6. The Hall–Kier alpha value is -2.76. The van der Waals surface area contributed by atoms with Gasteiger partial charge in [0.2, 0.25) is 5.91 Å². The highest BCUT2D eigenvalue weighted by Gasteiger charge is 2.08. The molecule has 0 aliphatic rings. The van der Waals surface area contributed by atoms with Crippen LogP contribution in [0.5, 0.6) is 0 Å². The Balaban J connectivity index is 2.00. The molecule has 0 radical (unpaired) electrons. The lowest BCUT2D eigenvalue weighted by molar-refractivity contribution is -0.126. The molecule has 0 unspecified atom stereocenters. The van der Waals surface area contributed by atoms with Crippen molar-refractivity contribution in [2.45, 2.75) is 27.7 Å². The molecule has 0 fully saturated rings. The predicted octanol–water partition coefficient (Wildman–Crippen LogP) is 2.37. The number of nitrogens with one attached hydrogen (secondary N) is 1. The van der Waals surface area contributed by atoms with Crippen molar-refractivity contribution in [3.8, 4) is 11.4 Å². The molecule has 1 aromatic heterocycles. The average molecular weight is 326 g/mol. The number of aryl methyl sites for hydroxylation is 2. The third-order valence-corrected chi connectivity index (χ3v) is 3.36. The van der Waals surface area contributed by atoms with Crippen molar-refractivity contribution >= 4 is 17.9 Å².